The van der Waals surface area contributed by atoms with E-state index in [4.69, 9.17) is 9.47 Å². The molecule has 0 aliphatic heterocycles. The third-order valence-electron chi connectivity index (χ3n) is 6.13. The fourth-order valence-electron chi connectivity index (χ4n) is 4.62. The van der Waals surface area contributed by atoms with Gasteiger partial charge in [0.25, 0.3) is 0 Å². The monoisotopic (exact) mass is 395 g/mol. The Kier molecular flexibility index (Phi) is 5.28. The molecule has 2 unspecified atom stereocenters. The molecule has 1 fully saturated rings. The summed E-state index contributed by atoms with van der Waals surface area (Å²) in [5, 5.41) is 12.4. The first kappa shape index (κ1) is 19.5. The number of benzene rings is 2. The van der Waals surface area contributed by atoms with Crippen LogP contribution >= 0.6 is 0 Å². The third kappa shape index (κ3) is 3.60. The van der Waals surface area contributed by atoms with Crippen LogP contribution in [0.5, 0.6) is 0 Å². The molecule has 2 N–H and O–H groups in total. The Morgan fingerprint density at radius 1 is 1.10 bits per heavy atom. The second kappa shape index (κ2) is 7.87. The molecule has 2 atom stereocenters. The first-order valence-corrected chi connectivity index (χ1v) is 9.93. The maximum Gasteiger partial charge on any atom is 0.408 e. The fourth-order valence-corrected chi connectivity index (χ4v) is 4.62. The lowest BCUT2D eigenvalue weighted by Crippen LogP contribution is -2.58. The van der Waals surface area contributed by atoms with Gasteiger partial charge in [-0.1, -0.05) is 48.5 Å². The van der Waals surface area contributed by atoms with Gasteiger partial charge >= 0.3 is 12.1 Å². The van der Waals surface area contributed by atoms with E-state index in [0.717, 1.165) is 28.7 Å². The highest BCUT2D eigenvalue weighted by atomic mass is 16.5. The Bertz CT molecular complexity index is 881. The number of amides is 1. The minimum Gasteiger partial charge on any atom is -0.480 e. The average molecular weight is 395 g/mol. The van der Waals surface area contributed by atoms with Crippen molar-refractivity contribution in [3.63, 3.8) is 0 Å². The fraction of sp³-hybridized carbons (Fsp3) is 0.391. The topological polar surface area (TPSA) is 84.9 Å². The second-order valence-electron chi connectivity index (χ2n) is 7.79. The zero-order valence-corrected chi connectivity index (χ0v) is 16.4. The van der Waals surface area contributed by atoms with Crippen LogP contribution in [-0.2, 0) is 14.3 Å². The number of fused-ring (bicyclic) bond motifs is 3. The van der Waals surface area contributed by atoms with Gasteiger partial charge in [-0.15, -0.1) is 0 Å². The molecule has 0 spiro atoms. The molecule has 2 aromatic rings. The molecule has 0 saturated heterocycles. The molecule has 152 valence electrons. The molecule has 2 aliphatic carbocycles. The van der Waals surface area contributed by atoms with E-state index in [2.05, 4.69) is 17.4 Å². The second-order valence-corrected chi connectivity index (χ2v) is 7.79. The summed E-state index contributed by atoms with van der Waals surface area (Å²) in [5.41, 5.74) is 3.18. The molecular weight excluding hydrogens is 370 g/mol. The summed E-state index contributed by atoms with van der Waals surface area (Å²) >= 11 is 0. The van der Waals surface area contributed by atoms with Crippen molar-refractivity contribution in [1.82, 2.24) is 5.32 Å². The van der Waals surface area contributed by atoms with Crippen molar-refractivity contribution in [2.24, 2.45) is 0 Å². The first-order chi connectivity index (χ1) is 14.0. The smallest absolute Gasteiger partial charge is 0.408 e. The van der Waals surface area contributed by atoms with Crippen molar-refractivity contribution < 1.29 is 24.2 Å². The van der Waals surface area contributed by atoms with Crippen LogP contribution in [0, 0.1) is 0 Å². The van der Waals surface area contributed by atoms with E-state index < -0.39 is 17.6 Å². The van der Waals surface area contributed by atoms with E-state index in [1.807, 2.05) is 36.4 Å². The Balaban J connectivity index is 1.48. The first-order valence-electron chi connectivity index (χ1n) is 9.93. The number of nitrogens with one attached hydrogen (secondary N) is 1. The van der Waals surface area contributed by atoms with E-state index in [9.17, 15) is 14.7 Å². The van der Waals surface area contributed by atoms with Crippen LogP contribution in [0.25, 0.3) is 11.1 Å². The van der Waals surface area contributed by atoms with Gasteiger partial charge in [0.05, 0.1) is 6.10 Å². The molecule has 29 heavy (non-hydrogen) atoms. The van der Waals surface area contributed by atoms with Crippen LogP contribution in [0.3, 0.4) is 0 Å². The van der Waals surface area contributed by atoms with Crippen molar-refractivity contribution in [2.45, 2.75) is 43.2 Å². The molecule has 6 nitrogen and oxygen atoms in total. The lowest BCUT2D eigenvalue weighted by molar-refractivity contribution is -0.148. The quantitative estimate of drug-likeness (QED) is 0.801. The van der Waals surface area contributed by atoms with E-state index in [0.29, 0.717) is 12.8 Å². The van der Waals surface area contributed by atoms with E-state index in [1.165, 1.54) is 0 Å². The zero-order valence-electron chi connectivity index (χ0n) is 16.4. The van der Waals surface area contributed by atoms with Gasteiger partial charge in [-0.2, -0.15) is 0 Å². The van der Waals surface area contributed by atoms with Crippen LogP contribution in [0.1, 0.15) is 42.7 Å². The normalized spacial score (nSPS) is 23.1. The lowest BCUT2D eigenvalue weighted by atomic mass is 9.80. The van der Waals surface area contributed by atoms with Gasteiger partial charge in [0, 0.05) is 19.4 Å². The Morgan fingerprint density at radius 2 is 1.72 bits per heavy atom. The molecule has 2 aromatic carbocycles. The standard InChI is InChI=1S/C23H25NO5/c1-28-15-7-6-12-23(13-15,21(25)26)24-22(27)29-14-20-18-10-4-2-8-16(18)17-9-3-5-11-19(17)20/h2-5,8-11,15,20H,6-7,12-14H2,1H3,(H,24,27)(H,25,26). The number of hydrogen-bond acceptors (Lipinski definition) is 4. The van der Waals surface area contributed by atoms with Crippen LogP contribution < -0.4 is 5.32 Å². The number of carboxylic acid groups (broad SMARTS) is 1. The molecule has 0 aromatic heterocycles. The van der Waals surface area contributed by atoms with Crippen LogP contribution in [0.2, 0.25) is 0 Å². The van der Waals surface area contributed by atoms with Crippen LogP contribution in [-0.4, -0.2) is 42.5 Å². The summed E-state index contributed by atoms with van der Waals surface area (Å²) in [6, 6.07) is 16.2. The predicted octanol–water partition coefficient (Wildman–Crippen LogP) is 3.94. The number of alkyl carbamates (subject to hydrolysis) is 1. The number of carbonyl (C=O) groups excluding carboxylic acids is 1. The molecule has 2 aliphatic rings. The van der Waals surface area contributed by atoms with Crippen molar-refractivity contribution in [2.75, 3.05) is 13.7 Å². The molecular formula is C23H25NO5. The van der Waals surface area contributed by atoms with Gasteiger partial charge in [0.1, 0.15) is 12.1 Å². The van der Waals surface area contributed by atoms with Crippen LogP contribution in [0.4, 0.5) is 4.79 Å². The summed E-state index contributed by atoms with van der Waals surface area (Å²) in [6.45, 7) is 0.156. The number of carboxylic acids is 1. The summed E-state index contributed by atoms with van der Waals surface area (Å²) in [7, 11) is 1.57. The SMILES string of the molecule is COC1CCCC(NC(=O)OCC2c3ccccc3-c3ccccc32)(C(=O)O)C1. The Labute approximate surface area is 169 Å². The zero-order chi connectivity index (χ0) is 20.4. The molecule has 4 rings (SSSR count). The number of aliphatic carboxylic acids is 1. The molecule has 6 heteroatoms. The largest absolute Gasteiger partial charge is 0.480 e. The van der Waals surface area contributed by atoms with Gasteiger partial charge < -0.3 is 19.9 Å². The van der Waals surface area contributed by atoms with E-state index >= 15 is 0 Å². The highest BCUT2D eigenvalue weighted by Gasteiger charge is 2.45. The Hall–Kier alpha value is -2.86. The summed E-state index contributed by atoms with van der Waals surface area (Å²) in [4.78, 5) is 24.5. The summed E-state index contributed by atoms with van der Waals surface area (Å²) in [5.74, 6) is -1.11. The van der Waals surface area contributed by atoms with Crippen molar-refractivity contribution in [1.29, 1.82) is 0 Å². The van der Waals surface area contributed by atoms with Crippen molar-refractivity contribution >= 4 is 12.1 Å². The van der Waals surface area contributed by atoms with E-state index in [1.54, 1.807) is 7.11 Å². The van der Waals surface area contributed by atoms with Crippen molar-refractivity contribution in [3.8, 4) is 11.1 Å². The average Bonchev–Trinajstić information content (AvgIpc) is 3.06. The van der Waals surface area contributed by atoms with Crippen LogP contribution in [0.15, 0.2) is 48.5 Å². The van der Waals surface area contributed by atoms with Crippen molar-refractivity contribution in [3.05, 3.63) is 59.7 Å². The van der Waals surface area contributed by atoms with Gasteiger partial charge in [-0.3, -0.25) is 0 Å². The molecule has 0 radical (unpaired) electrons. The van der Waals surface area contributed by atoms with Gasteiger partial charge in [-0.05, 0) is 41.5 Å². The molecule has 1 saturated carbocycles. The Morgan fingerprint density at radius 3 is 2.31 bits per heavy atom. The highest BCUT2D eigenvalue weighted by molar-refractivity contribution is 5.85. The van der Waals surface area contributed by atoms with E-state index in [-0.39, 0.29) is 25.0 Å². The minimum atomic E-state index is -1.35. The molecule has 0 bridgehead atoms. The lowest BCUT2D eigenvalue weighted by Gasteiger charge is -2.37. The number of hydrogen-bond donors (Lipinski definition) is 2. The number of methoxy groups -OCH3 is 1. The molecule has 0 heterocycles. The highest BCUT2D eigenvalue weighted by Crippen LogP contribution is 2.44. The number of carbonyl (C=O) groups is 2. The minimum absolute atomic E-state index is 0.0630. The molecule has 1 amide bonds. The predicted molar refractivity (Wildman–Crippen MR) is 108 cm³/mol. The van der Waals surface area contributed by atoms with Gasteiger partial charge in [0.15, 0.2) is 0 Å². The van der Waals surface area contributed by atoms with Gasteiger partial charge in [-0.25, -0.2) is 9.59 Å². The summed E-state index contributed by atoms with van der Waals surface area (Å²) < 4.78 is 10.9. The maximum absolute atomic E-state index is 12.6. The number of ether oxygens (including phenoxy) is 2. The maximum atomic E-state index is 12.6. The van der Waals surface area contributed by atoms with Gasteiger partial charge in [0.2, 0.25) is 0 Å². The number of rotatable bonds is 5. The summed E-state index contributed by atoms with van der Waals surface area (Å²) in [6.07, 6.45) is 1.18. The third-order valence-corrected chi connectivity index (χ3v) is 6.13.